The van der Waals surface area contributed by atoms with E-state index in [1.165, 1.54) is 32.1 Å². The Morgan fingerprint density at radius 1 is 0.828 bits per heavy atom. The molecule has 156 valence electrons. The molecule has 0 atom stereocenters. The number of hydrogen-bond acceptors (Lipinski definition) is 5. The molecule has 29 heavy (non-hydrogen) atoms. The lowest BCUT2D eigenvalue weighted by Crippen LogP contribution is -2.08. The summed E-state index contributed by atoms with van der Waals surface area (Å²) in [5, 5.41) is 12.2. The molecule has 0 unspecified atom stereocenters. The van der Waals surface area contributed by atoms with Crippen LogP contribution in [0, 0.1) is 0 Å². The number of nitrogens with zero attached hydrogens (tertiary/aromatic N) is 1. The molecule has 0 saturated carbocycles. The summed E-state index contributed by atoms with van der Waals surface area (Å²) in [5.74, 6) is 0.775. The average Bonchev–Trinajstić information content (AvgIpc) is 2.75. The summed E-state index contributed by atoms with van der Waals surface area (Å²) in [5.41, 5.74) is 1.84. The highest BCUT2D eigenvalue weighted by molar-refractivity contribution is 6.00. The number of esters is 1. The van der Waals surface area contributed by atoms with E-state index in [2.05, 4.69) is 12.1 Å². The minimum absolute atomic E-state index is 0.424. The molecule has 2 aromatic rings. The number of unbranched alkanes of at least 4 members (excludes halogenated alkanes) is 5. The molecule has 0 fully saturated rings. The van der Waals surface area contributed by atoms with Gasteiger partial charge in [-0.1, -0.05) is 51.1 Å². The van der Waals surface area contributed by atoms with Crippen LogP contribution in [-0.4, -0.2) is 23.5 Å². The molecule has 0 aliphatic rings. The van der Waals surface area contributed by atoms with E-state index in [4.69, 9.17) is 14.7 Å². The van der Waals surface area contributed by atoms with E-state index in [0.29, 0.717) is 30.1 Å². The maximum atomic E-state index is 12.3. The summed E-state index contributed by atoms with van der Waals surface area (Å²) in [7, 11) is 0. The van der Waals surface area contributed by atoms with Crippen molar-refractivity contribution in [2.75, 3.05) is 6.61 Å². The van der Waals surface area contributed by atoms with Crippen molar-refractivity contribution >= 4 is 11.7 Å². The third kappa shape index (κ3) is 7.60. The molecule has 5 heteroatoms. The monoisotopic (exact) mass is 397 g/mol. The number of carbonyl (C=O) groups excluding carboxylic acids is 1. The van der Waals surface area contributed by atoms with Crippen molar-refractivity contribution in [3.05, 3.63) is 59.7 Å². The molecule has 0 aliphatic heterocycles. The van der Waals surface area contributed by atoms with Crippen molar-refractivity contribution in [3.8, 4) is 11.5 Å². The first-order valence-corrected chi connectivity index (χ1v) is 10.4. The van der Waals surface area contributed by atoms with Gasteiger partial charge in [-0.2, -0.15) is 0 Å². The zero-order valence-corrected chi connectivity index (χ0v) is 17.4. The third-order valence-electron chi connectivity index (χ3n) is 4.71. The molecule has 0 heterocycles. The van der Waals surface area contributed by atoms with Gasteiger partial charge in [0, 0.05) is 0 Å². The van der Waals surface area contributed by atoms with Crippen molar-refractivity contribution in [1.82, 2.24) is 0 Å². The van der Waals surface area contributed by atoms with Crippen molar-refractivity contribution in [2.45, 2.75) is 58.8 Å². The van der Waals surface area contributed by atoms with E-state index in [1.54, 1.807) is 48.5 Å². The van der Waals surface area contributed by atoms with E-state index in [1.807, 2.05) is 6.92 Å². The van der Waals surface area contributed by atoms with Crippen LogP contribution >= 0.6 is 0 Å². The van der Waals surface area contributed by atoms with Crippen molar-refractivity contribution in [2.24, 2.45) is 5.16 Å². The highest BCUT2D eigenvalue weighted by atomic mass is 16.5. The number of rotatable bonds is 12. The predicted octanol–water partition coefficient (Wildman–Crippen LogP) is 6.23. The van der Waals surface area contributed by atoms with E-state index in [9.17, 15) is 4.79 Å². The van der Waals surface area contributed by atoms with Crippen LogP contribution in [-0.2, 0) is 0 Å². The molecule has 0 radical (unpaired) electrons. The fraction of sp³-hybridized carbons (Fsp3) is 0.417. The van der Waals surface area contributed by atoms with Gasteiger partial charge < -0.3 is 14.7 Å². The van der Waals surface area contributed by atoms with Gasteiger partial charge in [-0.25, -0.2) is 4.79 Å². The Hall–Kier alpha value is -2.82. The van der Waals surface area contributed by atoms with Crippen LogP contribution < -0.4 is 9.47 Å². The van der Waals surface area contributed by atoms with Crippen molar-refractivity contribution in [1.29, 1.82) is 0 Å². The smallest absolute Gasteiger partial charge is 0.343 e. The lowest BCUT2D eigenvalue weighted by molar-refractivity contribution is 0.0734. The lowest BCUT2D eigenvalue weighted by Gasteiger charge is -2.08. The van der Waals surface area contributed by atoms with Gasteiger partial charge in [0.15, 0.2) is 0 Å². The van der Waals surface area contributed by atoms with Crippen molar-refractivity contribution < 1.29 is 19.5 Å². The Bertz CT molecular complexity index is 766. The van der Waals surface area contributed by atoms with Crippen LogP contribution in [0.4, 0.5) is 0 Å². The fourth-order valence-corrected chi connectivity index (χ4v) is 2.97. The van der Waals surface area contributed by atoms with Gasteiger partial charge in [0.2, 0.25) is 0 Å². The first-order chi connectivity index (χ1) is 14.2. The van der Waals surface area contributed by atoms with E-state index >= 15 is 0 Å². The topological polar surface area (TPSA) is 68.1 Å². The Labute approximate surface area is 173 Å². The molecule has 0 spiro atoms. The summed E-state index contributed by atoms with van der Waals surface area (Å²) >= 11 is 0. The normalized spacial score (nSPS) is 11.3. The molecule has 0 aliphatic carbocycles. The summed E-state index contributed by atoms with van der Waals surface area (Å²) in [6, 6.07) is 13.9. The van der Waals surface area contributed by atoms with Crippen LogP contribution in [0.25, 0.3) is 0 Å². The molecule has 1 N–H and O–H groups in total. The summed E-state index contributed by atoms with van der Waals surface area (Å²) in [6.07, 6.45) is 7.97. The maximum absolute atomic E-state index is 12.3. The molecule has 2 aromatic carbocycles. The van der Waals surface area contributed by atoms with E-state index in [-0.39, 0.29) is 0 Å². The Morgan fingerprint density at radius 3 is 2.03 bits per heavy atom. The van der Waals surface area contributed by atoms with Crippen LogP contribution in [0.5, 0.6) is 11.5 Å². The third-order valence-corrected chi connectivity index (χ3v) is 4.71. The van der Waals surface area contributed by atoms with Gasteiger partial charge in [-0.15, -0.1) is 0 Å². The highest BCUT2D eigenvalue weighted by Gasteiger charge is 2.10. The molecule has 0 bridgehead atoms. The number of benzene rings is 2. The molecular formula is C24H31NO4. The zero-order valence-electron chi connectivity index (χ0n) is 17.4. The molecule has 0 saturated heterocycles. The Kier molecular flexibility index (Phi) is 9.76. The van der Waals surface area contributed by atoms with E-state index in [0.717, 1.165) is 17.7 Å². The molecule has 0 aromatic heterocycles. The maximum Gasteiger partial charge on any atom is 0.343 e. The van der Waals surface area contributed by atoms with Gasteiger partial charge in [0.05, 0.1) is 17.9 Å². The van der Waals surface area contributed by atoms with Crippen LogP contribution in [0.2, 0.25) is 0 Å². The number of ether oxygens (including phenoxy) is 2. The van der Waals surface area contributed by atoms with Gasteiger partial charge >= 0.3 is 5.97 Å². The van der Waals surface area contributed by atoms with Gasteiger partial charge in [-0.3, -0.25) is 0 Å². The fourth-order valence-electron chi connectivity index (χ4n) is 2.97. The summed E-state index contributed by atoms with van der Waals surface area (Å²) in [4.78, 5) is 12.3. The minimum atomic E-state index is -0.424. The SMILES string of the molecule is CCCCCCCCOc1ccc(C(=O)Oc2ccc(C(CC)=NO)cc2)cc1. The van der Waals surface area contributed by atoms with Gasteiger partial charge in [0.25, 0.3) is 0 Å². The highest BCUT2D eigenvalue weighted by Crippen LogP contribution is 2.18. The largest absolute Gasteiger partial charge is 0.494 e. The second-order valence-corrected chi connectivity index (χ2v) is 6.95. The van der Waals surface area contributed by atoms with Gasteiger partial charge in [0.1, 0.15) is 11.5 Å². The Morgan fingerprint density at radius 2 is 1.41 bits per heavy atom. The second kappa shape index (κ2) is 12.6. The van der Waals surface area contributed by atoms with Crippen LogP contribution in [0.15, 0.2) is 53.7 Å². The van der Waals surface area contributed by atoms with Crippen molar-refractivity contribution in [3.63, 3.8) is 0 Å². The molecular weight excluding hydrogens is 366 g/mol. The lowest BCUT2D eigenvalue weighted by atomic mass is 10.1. The number of hydrogen-bond donors (Lipinski definition) is 1. The Balaban J connectivity index is 1.79. The first kappa shape index (κ1) is 22.5. The van der Waals surface area contributed by atoms with E-state index < -0.39 is 5.97 Å². The first-order valence-electron chi connectivity index (χ1n) is 10.4. The standard InChI is InChI=1S/C24H31NO4/c1-3-5-6-7-8-9-18-28-21-14-12-20(13-15-21)24(26)29-22-16-10-19(11-17-22)23(4-2)25-27/h10-17,27H,3-9,18H2,1-2H3. The number of carbonyl (C=O) groups is 1. The van der Waals surface area contributed by atoms with Crippen LogP contribution in [0.1, 0.15) is 74.7 Å². The zero-order chi connectivity index (χ0) is 20.9. The predicted molar refractivity (Wildman–Crippen MR) is 115 cm³/mol. The van der Waals surface area contributed by atoms with Crippen LogP contribution in [0.3, 0.4) is 0 Å². The number of oxime groups is 1. The summed E-state index contributed by atoms with van der Waals surface area (Å²) < 4.78 is 11.1. The molecule has 5 nitrogen and oxygen atoms in total. The summed E-state index contributed by atoms with van der Waals surface area (Å²) in [6.45, 7) is 4.82. The average molecular weight is 398 g/mol. The minimum Gasteiger partial charge on any atom is -0.494 e. The molecule has 0 amide bonds. The molecule has 2 rings (SSSR count). The van der Waals surface area contributed by atoms with Gasteiger partial charge in [-0.05, 0) is 66.9 Å². The second-order valence-electron chi connectivity index (χ2n) is 6.95. The quantitative estimate of drug-likeness (QED) is 0.115.